The smallest absolute Gasteiger partial charge is 0.290 e. The zero-order valence-electron chi connectivity index (χ0n) is 22.6. The van der Waals surface area contributed by atoms with E-state index in [1.165, 1.54) is 87.2 Å². The van der Waals surface area contributed by atoms with Gasteiger partial charge in [0.25, 0.3) is 5.82 Å². The zero-order chi connectivity index (χ0) is 25.6. The van der Waals surface area contributed by atoms with Crippen molar-refractivity contribution in [3.63, 3.8) is 0 Å². The van der Waals surface area contributed by atoms with Crippen LogP contribution in [0.25, 0.3) is 44.7 Å². The molecule has 190 valence electrons. The number of rotatable bonds is 8. The van der Waals surface area contributed by atoms with Crippen LogP contribution in [0.4, 0.5) is 5.69 Å². The summed E-state index contributed by atoms with van der Waals surface area (Å²) in [7, 11) is 0. The highest BCUT2D eigenvalue weighted by Crippen LogP contribution is 2.44. The molecular weight excluding hydrogens is 462 g/mol. The Labute approximate surface area is 226 Å². The minimum atomic E-state index is 0.905. The molecular formula is C35H36N3+. The Balaban J connectivity index is 1.41. The SMILES string of the molecule is CCCCN(CCCC)c1ccc(-c2n3c4c(ccc5c4[n+]2Cc2ccccc2-5)-c2ccccc2C3)cc1. The van der Waals surface area contributed by atoms with Crippen molar-refractivity contribution < 1.29 is 4.57 Å². The summed E-state index contributed by atoms with van der Waals surface area (Å²) < 4.78 is 5.17. The summed E-state index contributed by atoms with van der Waals surface area (Å²) in [4.78, 5) is 2.58. The number of fused-ring (bicyclic) bond motifs is 4. The van der Waals surface area contributed by atoms with Gasteiger partial charge in [0, 0.05) is 41.0 Å². The number of nitrogens with zero attached hydrogens (tertiary/aromatic N) is 3. The van der Waals surface area contributed by atoms with Gasteiger partial charge in [0.2, 0.25) is 0 Å². The fourth-order valence-corrected chi connectivity index (χ4v) is 6.61. The van der Waals surface area contributed by atoms with E-state index in [2.05, 4.69) is 113 Å². The van der Waals surface area contributed by atoms with Crippen LogP contribution in [0.2, 0.25) is 0 Å². The van der Waals surface area contributed by atoms with Crippen molar-refractivity contribution >= 4 is 16.7 Å². The molecule has 0 radical (unpaired) electrons. The molecule has 1 aromatic heterocycles. The first kappa shape index (κ1) is 23.3. The Morgan fingerprint density at radius 1 is 0.684 bits per heavy atom. The highest BCUT2D eigenvalue weighted by atomic mass is 15.2. The predicted octanol–water partition coefficient (Wildman–Crippen LogP) is 8.06. The van der Waals surface area contributed by atoms with Crippen molar-refractivity contribution in [2.75, 3.05) is 18.0 Å². The summed E-state index contributed by atoms with van der Waals surface area (Å²) >= 11 is 0. The molecule has 0 unspecified atom stereocenters. The second kappa shape index (κ2) is 9.47. The number of hydrogen-bond donors (Lipinski definition) is 0. The standard InChI is InChI=1S/C35H36N3/c1-3-5-21-36(22-6-4-2)28-17-15-25(16-18-28)35-37-23-26-11-7-9-13-29(26)31-19-20-32-30-14-10-8-12-27(30)24-38(35)34(32)33(31)37/h7-20H,3-6,21-24H2,1-2H3/q+1. The van der Waals surface area contributed by atoms with Crippen LogP contribution in [0, 0.1) is 0 Å². The summed E-state index contributed by atoms with van der Waals surface area (Å²) in [6, 6.07) is 32.0. The molecule has 0 atom stereocenters. The van der Waals surface area contributed by atoms with Gasteiger partial charge in [-0.3, -0.25) is 0 Å². The van der Waals surface area contributed by atoms with E-state index in [0.717, 1.165) is 26.2 Å². The van der Waals surface area contributed by atoms with E-state index in [-0.39, 0.29) is 0 Å². The van der Waals surface area contributed by atoms with Crippen LogP contribution < -0.4 is 9.47 Å². The summed E-state index contributed by atoms with van der Waals surface area (Å²) in [5.74, 6) is 1.32. The van der Waals surface area contributed by atoms with Crippen LogP contribution >= 0.6 is 0 Å². The summed E-state index contributed by atoms with van der Waals surface area (Å²) in [5, 5.41) is 0. The van der Waals surface area contributed by atoms with E-state index in [9.17, 15) is 0 Å². The maximum Gasteiger partial charge on any atom is 0.290 e. The van der Waals surface area contributed by atoms with E-state index < -0.39 is 0 Å². The van der Waals surface area contributed by atoms with Crippen molar-refractivity contribution in [3.05, 3.63) is 96.1 Å². The lowest BCUT2D eigenvalue weighted by Gasteiger charge is -2.25. The molecule has 2 aliphatic heterocycles. The molecule has 0 spiro atoms. The Morgan fingerprint density at radius 2 is 1.32 bits per heavy atom. The first-order valence-electron chi connectivity index (χ1n) is 14.4. The molecule has 0 N–H and O–H groups in total. The Kier molecular flexibility index (Phi) is 5.80. The van der Waals surface area contributed by atoms with E-state index in [4.69, 9.17) is 0 Å². The predicted molar refractivity (Wildman–Crippen MR) is 159 cm³/mol. The average Bonchev–Trinajstić information content (AvgIpc) is 3.29. The Morgan fingerprint density at radius 3 is 2.03 bits per heavy atom. The molecule has 3 nitrogen and oxygen atoms in total. The summed E-state index contributed by atoms with van der Waals surface area (Å²) in [6.45, 7) is 8.65. The van der Waals surface area contributed by atoms with Crippen molar-refractivity contribution in [3.8, 4) is 33.6 Å². The number of anilines is 1. The molecule has 7 rings (SSSR count). The van der Waals surface area contributed by atoms with Crippen LogP contribution in [0.3, 0.4) is 0 Å². The van der Waals surface area contributed by atoms with E-state index in [1.54, 1.807) is 0 Å². The largest absolute Gasteiger partial charge is 0.372 e. The Hall–Kier alpha value is -3.85. The van der Waals surface area contributed by atoms with Gasteiger partial charge in [-0.2, -0.15) is 0 Å². The fraction of sp³-hybridized carbons (Fsp3) is 0.286. The van der Waals surface area contributed by atoms with Crippen molar-refractivity contribution in [2.45, 2.75) is 52.6 Å². The van der Waals surface area contributed by atoms with Gasteiger partial charge < -0.3 is 4.90 Å². The third-order valence-corrected chi connectivity index (χ3v) is 8.53. The van der Waals surface area contributed by atoms with Crippen molar-refractivity contribution in [2.24, 2.45) is 0 Å². The van der Waals surface area contributed by atoms with Gasteiger partial charge in [0.1, 0.15) is 13.1 Å². The maximum absolute atomic E-state index is 2.59. The second-order valence-corrected chi connectivity index (χ2v) is 10.9. The van der Waals surface area contributed by atoms with Crippen LogP contribution in [0.1, 0.15) is 50.7 Å². The first-order chi connectivity index (χ1) is 18.8. The van der Waals surface area contributed by atoms with Gasteiger partial charge in [-0.05, 0) is 60.4 Å². The quantitative estimate of drug-likeness (QED) is 0.193. The molecule has 38 heavy (non-hydrogen) atoms. The summed E-state index contributed by atoms with van der Waals surface area (Å²) in [5.41, 5.74) is 13.7. The normalized spacial score (nSPS) is 12.9. The fourth-order valence-electron chi connectivity index (χ4n) is 6.61. The van der Waals surface area contributed by atoms with E-state index in [1.807, 2.05) is 0 Å². The minimum Gasteiger partial charge on any atom is -0.372 e. The molecule has 4 aromatic carbocycles. The number of imidazole rings is 1. The van der Waals surface area contributed by atoms with Crippen LogP contribution in [0.15, 0.2) is 84.9 Å². The van der Waals surface area contributed by atoms with Gasteiger partial charge in [-0.15, -0.1) is 0 Å². The van der Waals surface area contributed by atoms with Crippen LogP contribution in [0.5, 0.6) is 0 Å². The molecule has 0 amide bonds. The van der Waals surface area contributed by atoms with Gasteiger partial charge in [0.15, 0.2) is 11.0 Å². The third kappa shape index (κ3) is 3.60. The van der Waals surface area contributed by atoms with Gasteiger partial charge in [-0.1, -0.05) is 75.2 Å². The molecule has 0 fully saturated rings. The average molecular weight is 499 g/mol. The molecule has 3 heteroatoms. The van der Waals surface area contributed by atoms with Crippen molar-refractivity contribution in [1.82, 2.24) is 4.57 Å². The molecule has 5 aromatic rings. The van der Waals surface area contributed by atoms with Crippen molar-refractivity contribution in [1.29, 1.82) is 0 Å². The number of hydrogen-bond acceptors (Lipinski definition) is 1. The van der Waals surface area contributed by atoms with Crippen LogP contribution in [-0.4, -0.2) is 17.7 Å². The molecule has 0 aliphatic carbocycles. The number of benzene rings is 4. The molecule has 0 bridgehead atoms. The molecule has 3 heterocycles. The lowest BCUT2D eigenvalue weighted by molar-refractivity contribution is -0.652. The monoisotopic (exact) mass is 498 g/mol. The molecule has 0 saturated heterocycles. The highest BCUT2D eigenvalue weighted by molar-refractivity contribution is 6.03. The van der Waals surface area contributed by atoms with E-state index in [0.29, 0.717) is 0 Å². The van der Waals surface area contributed by atoms with Crippen LogP contribution in [-0.2, 0) is 13.1 Å². The van der Waals surface area contributed by atoms with E-state index >= 15 is 0 Å². The lowest BCUT2D eigenvalue weighted by Crippen LogP contribution is -2.38. The highest BCUT2D eigenvalue weighted by Gasteiger charge is 2.37. The number of aromatic nitrogens is 2. The topological polar surface area (TPSA) is 12.1 Å². The first-order valence-corrected chi connectivity index (χ1v) is 14.4. The minimum absolute atomic E-state index is 0.905. The molecule has 2 aliphatic rings. The third-order valence-electron chi connectivity index (χ3n) is 8.53. The van der Waals surface area contributed by atoms with Gasteiger partial charge in [0.05, 0.1) is 5.56 Å². The lowest BCUT2D eigenvalue weighted by atomic mass is 9.90. The Bertz CT molecular complexity index is 1540. The second-order valence-electron chi connectivity index (χ2n) is 10.9. The summed E-state index contributed by atoms with van der Waals surface area (Å²) in [6.07, 6.45) is 4.94. The molecule has 0 saturated carbocycles. The van der Waals surface area contributed by atoms with Gasteiger partial charge in [-0.25, -0.2) is 9.13 Å². The van der Waals surface area contributed by atoms with Gasteiger partial charge >= 0.3 is 0 Å². The maximum atomic E-state index is 2.59. The zero-order valence-corrected chi connectivity index (χ0v) is 22.6. The number of unbranched alkanes of at least 4 members (excludes halogenated alkanes) is 2.